The molecule has 0 atom stereocenters. The molecule has 0 saturated heterocycles. The van der Waals surface area contributed by atoms with Crippen molar-refractivity contribution < 1.29 is 14.4 Å². The van der Waals surface area contributed by atoms with Gasteiger partial charge in [-0.05, 0) is 51.4 Å². The Kier molecular flexibility index (Phi) is 19.2. The van der Waals surface area contributed by atoms with Gasteiger partial charge >= 0.3 is 0 Å². The van der Waals surface area contributed by atoms with Gasteiger partial charge < -0.3 is 25.5 Å². The Morgan fingerprint density at radius 1 is 0.787 bits per heavy atom. The molecule has 264 valence electrons. The molecule has 3 aromatic rings. The van der Waals surface area contributed by atoms with Crippen molar-refractivity contribution in [3.63, 3.8) is 0 Å². The lowest BCUT2D eigenvalue weighted by molar-refractivity contribution is -0.121. The third kappa shape index (κ3) is 14.0. The van der Waals surface area contributed by atoms with Crippen molar-refractivity contribution in [3.05, 3.63) is 30.1 Å². The first-order valence-corrected chi connectivity index (χ1v) is 18.8. The number of aryl methyl sites for hydroxylation is 1. The van der Waals surface area contributed by atoms with E-state index in [2.05, 4.69) is 36.0 Å². The van der Waals surface area contributed by atoms with Crippen molar-refractivity contribution in [1.29, 1.82) is 0 Å². The van der Waals surface area contributed by atoms with Crippen molar-refractivity contribution in [2.24, 2.45) is 0 Å². The first-order valence-electron chi connectivity index (χ1n) is 18.8. The Balaban J connectivity index is 1.35. The number of nitrogen functional groups attached to an aromatic ring is 1. The SMILES string of the molecule is CCCCCCCCN(CCCCCCCC)CCCC(=O)NCCOCCOn1c(CCCC)nc2c(N)nc3ccccc3c21. The number of amides is 1. The summed E-state index contributed by atoms with van der Waals surface area (Å²) in [4.78, 5) is 30.7. The summed E-state index contributed by atoms with van der Waals surface area (Å²) < 4.78 is 7.63. The fourth-order valence-corrected chi connectivity index (χ4v) is 6.12. The van der Waals surface area contributed by atoms with Gasteiger partial charge in [0.15, 0.2) is 5.82 Å². The average Bonchev–Trinajstić information content (AvgIpc) is 3.45. The number of benzene rings is 1. The molecule has 2 heterocycles. The van der Waals surface area contributed by atoms with E-state index in [0.717, 1.165) is 67.6 Å². The van der Waals surface area contributed by atoms with Crippen molar-refractivity contribution >= 4 is 33.7 Å². The number of imidazole rings is 1. The number of hydrogen-bond acceptors (Lipinski definition) is 7. The molecule has 9 nitrogen and oxygen atoms in total. The van der Waals surface area contributed by atoms with Crippen molar-refractivity contribution in [2.75, 3.05) is 51.7 Å². The van der Waals surface area contributed by atoms with E-state index < -0.39 is 0 Å². The summed E-state index contributed by atoms with van der Waals surface area (Å²) in [6.45, 7) is 11.8. The Morgan fingerprint density at radius 2 is 1.43 bits per heavy atom. The first-order chi connectivity index (χ1) is 23.1. The highest BCUT2D eigenvalue weighted by Crippen LogP contribution is 2.28. The molecule has 0 fully saturated rings. The lowest BCUT2D eigenvalue weighted by atomic mass is 10.1. The van der Waals surface area contributed by atoms with Gasteiger partial charge in [-0.25, -0.2) is 9.97 Å². The second-order valence-electron chi connectivity index (χ2n) is 12.9. The highest BCUT2D eigenvalue weighted by Gasteiger charge is 2.18. The van der Waals surface area contributed by atoms with E-state index in [-0.39, 0.29) is 5.91 Å². The Bertz CT molecular complexity index is 1260. The number of nitrogens with one attached hydrogen (secondary N) is 1. The van der Waals surface area contributed by atoms with E-state index >= 15 is 0 Å². The fraction of sp³-hybridized carbons (Fsp3) is 0.711. The number of nitrogens with two attached hydrogens (primary N) is 1. The first kappa shape index (κ1) is 38.5. The smallest absolute Gasteiger partial charge is 0.220 e. The zero-order chi connectivity index (χ0) is 33.5. The Hall–Kier alpha value is -2.91. The molecule has 1 amide bonds. The maximum atomic E-state index is 12.5. The van der Waals surface area contributed by atoms with Crippen molar-refractivity contribution in [2.45, 2.75) is 130 Å². The van der Waals surface area contributed by atoms with E-state index in [9.17, 15) is 4.79 Å². The predicted octanol–water partition coefficient (Wildman–Crippen LogP) is 7.87. The molecule has 0 aliphatic carbocycles. The molecule has 0 spiro atoms. The topological polar surface area (TPSA) is 108 Å². The van der Waals surface area contributed by atoms with E-state index in [0.29, 0.717) is 44.1 Å². The number of aromatic nitrogens is 3. The number of rotatable bonds is 28. The van der Waals surface area contributed by atoms with E-state index in [1.54, 1.807) is 0 Å². The standard InChI is InChI=1S/C38H64N6O3/c1-4-7-10-12-14-18-26-43(27-19-15-13-11-8-5-2)28-20-24-35(45)40-25-29-46-30-31-47-44-34(23-9-6-3)42-36-37(44)32-21-16-17-22-33(32)41-38(36)39/h16-17,21-22H,4-15,18-20,23-31H2,1-3H3,(H2,39,41)(H,40,45). The van der Waals surface area contributed by atoms with E-state index in [1.165, 1.54) is 77.0 Å². The normalized spacial score (nSPS) is 11.7. The maximum Gasteiger partial charge on any atom is 0.220 e. The van der Waals surface area contributed by atoms with Gasteiger partial charge in [-0.3, -0.25) is 4.79 Å². The van der Waals surface area contributed by atoms with E-state index in [4.69, 9.17) is 20.3 Å². The largest absolute Gasteiger partial charge is 0.410 e. The van der Waals surface area contributed by atoms with Crippen LogP contribution in [0.15, 0.2) is 24.3 Å². The van der Waals surface area contributed by atoms with Gasteiger partial charge in [0.1, 0.15) is 23.5 Å². The summed E-state index contributed by atoms with van der Waals surface area (Å²) in [5.41, 5.74) is 8.63. The summed E-state index contributed by atoms with van der Waals surface area (Å²) in [6.07, 6.45) is 20.2. The number of carbonyl (C=O) groups is 1. The Labute approximate surface area is 284 Å². The summed E-state index contributed by atoms with van der Waals surface area (Å²) in [5, 5.41) is 3.99. The van der Waals surface area contributed by atoms with Gasteiger partial charge in [-0.15, -0.1) is 0 Å². The van der Waals surface area contributed by atoms with Gasteiger partial charge in [-0.2, -0.15) is 4.73 Å². The molecular formula is C38H64N6O3. The molecule has 3 N–H and O–H groups in total. The number of hydrogen-bond donors (Lipinski definition) is 2. The molecule has 0 aliphatic heterocycles. The highest BCUT2D eigenvalue weighted by molar-refractivity contribution is 6.06. The van der Waals surface area contributed by atoms with Crippen LogP contribution in [0.3, 0.4) is 0 Å². The second-order valence-corrected chi connectivity index (χ2v) is 12.9. The van der Waals surface area contributed by atoms with Gasteiger partial charge in [0.05, 0.1) is 18.7 Å². The number of anilines is 1. The second kappa shape index (κ2) is 23.4. The minimum atomic E-state index is 0.104. The molecule has 1 aromatic carbocycles. The van der Waals surface area contributed by atoms with Gasteiger partial charge in [0.2, 0.25) is 5.91 Å². The Morgan fingerprint density at radius 3 is 2.13 bits per heavy atom. The number of pyridine rings is 1. The zero-order valence-electron chi connectivity index (χ0n) is 29.9. The number of fused-ring (bicyclic) bond motifs is 3. The summed E-state index contributed by atoms with van der Waals surface area (Å²) >= 11 is 0. The van der Waals surface area contributed by atoms with Crippen molar-refractivity contribution in [3.8, 4) is 0 Å². The van der Waals surface area contributed by atoms with Gasteiger partial charge in [0, 0.05) is 24.8 Å². The van der Waals surface area contributed by atoms with Gasteiger partial charge in [-0.1, -0.05) is 110 Å². The molecule has 0 aliphatic rings. The van der Waals surface area contributed by atoms with Crippen LogP contribution >= 0.6 is 0 Å². The number of para-hydroxylation sites is 1. The fourth-order valence-electron chi connectivity index (χ4n) is 6.12. The zero-order valence-corrected chi connectivity index (χ0v) is 29.9. The molecule has 2 aromatic heterocycles. The van der Waals surface area contributed by atoms with Crippen LogP contribution in [0, 0.1) is 0 Å². The van der Waals surface area contributed by atoms with Crippen LogP contribution in [0.1, 0.15) is 129 Å². The summed E-state index contributed by atoms with van der Waals surface area (Å²) in [7, 11) is 0. The minimum Gasteiger partial charge on any atom is -0.410 e. The summed E-state index contributed by atoms with van der Waals surface area (Å²) in [6, 6.07) is 7.92. The van der Waals surface area contributed by atoms with Crippen LogP contribution in [0.2, 0.25) is 0 Å². The molecular weight excluding hydrogens is 588 g/mol. The molecule has 0 saturated carbocycles. The van der Waals surface area contributed by atoms with Crippen LogP contribution in [0.5, 0.6) is 0 Å². The average molecular weight is 653 g/mol. The predicted molar refractivity (Wildman–Crippen MR) is 196 cm³/mol. The highest BCUT2D eigenvalue weighted by atomic mass is 16.7. The lowest BCUT2D eigenvalue weighted by Gasteiger charge is -2.22. The number of nitrogens with zero attached hydrogens (tertiary/aromatic N) is 4. The van der Waals surface area contributed by atoms with Crippen LogP contribution in [-0.4, -0.2) is 71.5 Å². The maximum absolute atomic E-state index is 12.5. The number of unbranched alkanes of at least 4 members (excludes halogenated alkanes) is 11. The van der Waals surface area contributed by atoms with Crippen LogP contribution in [-0.2, 0) is 16.0 Å². The molecule has 0 bridgehead atoms. The minimum absolute atomic E-state index is 0.104. The lowest BCUT2D eigenvalue weighted by Crippen LogP contribution is -2.31. The molecule has 9 heteroatoms. The van der Waals surface area contributed by atoms with Gasteiger partial charge in [0.25, 0.3) is 0 Å². The number of ether oxygens (including phenoxy) is 1. The molecule has 3 rings (SSSR count). The number of carbonyl (C=O) groups excluding carboxylic acids is 1. The van der Waals surface area contributed by atoms with Crippen LogP contribution in [0.25, 0.3) is 21.9 Å². The third-order valence-corrected chi connectivity index (χ3v) is 8.85. The van der Waals surface area contributed by atoms with Crippen LogP contribution in [0.4, 0.5) is 5.82 Å². The molecule has 47 heavy (non-hydrogen) atoms. The van der Waals surface area contributed by atoms with Crippen molar-refractivity contribution in [1.82, 2.24) is 24.9 Å². The monoisotopic (exact) mass is 653 g/mol. The quantitative estimate of drug-likeness (QED) is 0.0769. The molecule has 0 radical (unpaired) electrons. The molecule has 0 unspecified atom stereocenters. The van der Waals surface area contributed by atoms with Crippen LogP contribution < -0.4 is 15.9 Å². The van der Waals surface area contributed by atoms with E-state index in [1.807, 2.05) is 29.0 Å². The summed E-state index contributed by atoms with van der Waals surface area (Å²) in [5.74, 6) is 1.36. The third-order valence-electron chi connectivity index (χ3n) is 8.85.